The molecule has 24 heavy (non-hydrogen) atoms. The van der Waals surface area contributed by atoms with Crippen LogP contribution in [0.15, 0.2) is 34.4 Å². The van der Waals surface area contributed by atoms with Crippen molar-refractivity contribution in [1.82, 2.24) is 4.41 Å². The number of fused-ring (bicyclic) bond motifs is 1. The van der Waals surface area contributed by atoms with Gasteiger partial charge in [-0.2, -0.15) is 8.42 Å². The zero-order valence-corrected chi connectivity index (χ0v) is 14.5. The summed E-state index contributed by atoms with van der Waals surface area (Å²) in [5, 5.41) is 2.69. The van der Waals surface area contributed by atoms with Crippen LogP contribution in [-0.4, -0.2) is 50.1 Å². The van der Waals surface area contributed by atoms with Gasteiger partial charge in [0.15, 0.2) is 5.79 Å². The Labute approximate surface area is 140 Å². The van der Waals surface area contributed by atoms with Gasteiger partial charge >= 0.3 is 0 Å². The van der Waals surface area contributed by atoms with E-state index in [-0.39, 0.29) is 24.2 Å². The third-order valence-corrected chi connectivity index (χ3v) is 5.72. The van der Waals surface area contributed by atoms with E-state index >= 15 is 0 Å². The molecule has 1 aromatic rings. The van der Waals surface area contributed by atoms with Crippen LogP contribution in [0, 0.1) is 11.8 Å². The van der Waals surface area contributed by atoms with Crippen LogP contribution in [0.1, 0.15) is 19.4 Å². The second-order valence-corrected chi connectivity index (χ2v) is 8.26. The van der Waals surface area contributed by atoms with Gasteiger partial charge in [-0.25, -0.2) is 0 Å². The minimum absolute atomic E-state index is 0.00571. The lowest BCUT2D eigenvalue weighted by Crippen LogP contribution is -2.40. The quantitative estimate of drug-likeness (QED) is 0.587. The number of nitrogens with zero attached hydrogens (tertiary/aromatic N) is 2. The molecule has 0 amide bonds. The molecule has 2 saturated heterocycles. The van der Waals surface area contributed by atoms with Crippen LogP contribution in [0.4, 0.5) is 0 Å². The molecule has 8 nitrogen and oxygen atoms in total. The third kappa shape index (κ3) is 3.16. The van der Waals surface area contributed by atoms with E-state index in [0.717, 1.165) is 5.56 Å². The van der Waals surface area contributed by atoms with Crippen LogP contribution in [-0.2, 0) is 24.2 Å². The van der Waals surface area contributed by atoms with Gasteiger partial charge in [0.05, 0.1) is 23.3 Å². The van der Waals surface area contributed by atoms with Gasteiger partial charge in [-0.3, -0.25) is 0 Å². The standard InChI is InChI=1S/C15H20N2O6S/c1-10-4-6-11(7-5-10)24(19,20)17(16-18)8-12-14-13(9-21-12)22-15(2,3)23-14/h4-7,12-14H,8-9H2,1-3H3/t12-,13+,14-/m0/s1. The molecule has 0 N–H and O–H groups in total. The Morgan fingerprint density at radius 3 is 2.54 bits per heavy atom. The Balaban J connectivity index is 1.77. The Morgan fingerprint density at radius 1 is 1.25 bits per heavy atom. The number of hydrogen-bond acceptors (Lipinski definition) is 7. The molecule has 0 aliphatic carbocycles. The van der Waals surface area contributed by atoms with Crippen molar-refractivity contribution < 1.29 is 22.6 Å². The van der Waals surface area contributed by atoms with Gasteiger partial charge in [-0.05, 0) is 32.9 Å². The molecular weight excluding hydrogens is 336 g/mol. The third-order valence-electron chi connectivity index (χ3n) is 4.09. The second kappa shape index (κ2) is 6.07. The van der Waals surface area contributed by atoms with Crippen molar-refractivity contribution in [3.8, 4) is 0 Å². The first-order chi connectivity index (χ1) is 11.2. The van der Waals surface area contributed by atoms with Crippen LogP contribution < -0.4 is 0 Å². The summed E-state index contributed by atoms with van der Waals surface area (Å²) >= 11 is 0. The van der Waals surface area contributed by atoms with Gasteiger partial charge in [0.2, 0.25) is 0 Å². The molecule has 3 rings (SSSR count). The van der Waals surface area contributed by atoms with E-state index in [1.54, 1.807) is 26.0 Å². The fourth-order valence-electron chi connectivity index (χ4n) is 2.94. The smallest absolute Gasteiger partial charge is 0.281 e. The first kappa shape index (κ1) is 17.3. The summed E-state index contributed by atoms with van der Waals surface area (Å²) in [4.78, 5) is 11.2. The number of ether oxygens (including phenoxy) is 3. The predicted octanol–water partition coefficient (Wildman–Crippen LogP) is 1.59. The van der Waals surface area contributed by atoms with Crippen molar-refractivity contribution >= 4 is 10.0 Å². The Morgan fingerprint density at radius 2 is 1.92 bits per heavy atom. The fraction of sp³-hybridized carbons (Fsp3) is 0.600. The molecule has 132 valence electrons. The number of benzene rings is 1. The lowest BCUT2D eigenvalue weighted by atomic mass is 10.1. The predicted molar refractivity (Wildman–Crippen MR) is 84.4 cm³/mol. The van der Waals surface area contributed by atoms with Crippen molar-refractivity contribution in [2.75, 3.05) is 13.2 Å². The molecule has 2 aliphatic heterocycles. The number of nitroso groups, excluding NO2 is 1. The first-order valence-corrected chi connectivity index (χ1v) is 9.07. The number of aryl methyl sites for hydroxylation is 1. The van der Waals surface area contributed by atoms with Crippen molar-refractivity contribution in [2.45, 2.75) is 49.8 Å². The number of rotatable bonds is 5. The van der Waals surface area contributed by atoms with Gasteiger partial charge < -0.3 is 14.2 Å². The Bertz CT molecular complexity index is 718. The first-order valence-electron chi connectivity index (χ1n) is 7.63. The summed E-state index contributed by atoms with van der Waals surface area (Å²) in [5.74, 6) is -0.757. The Kier molecular flexibility index (Phi) is 4.37. The van der Waals surface area contributed by atoms with E-state index in [1.807, 2.05) is 6.92 Å². The highest BCUT2D eigenvalue weighted by Crippen LogP contribution is 2.36. The summed E-state index contributed by atoms with van der Waals surface area (Å²) in [6.45, 7) is 5.47. The van der Waals surface area contributed by atoms with Crippen LogP contribution in [0.5, 0.6) is 0 Å². The Hall–Kier alpha value is -1.55. The summed E-state index contributed by atoms with van der Waals surface area (Å²) in [7, 11) is -4.04. The van der Waals surface area contributed by atoms with Crippen molar-refractivity contribution in [3.63, 3.8) is 0 Å². The molecule has 2 fully saturated rings. The molecule has 0 aromatic heterocycles. The monoisotopic (exact) mass is 356 g/mol. The van der Waals surface area contributed by atoms with Crippen molar-refractivity contribution in [1.29, 1.82) is 0 Å². The van der Waals surface area contributed by atoms with Crippen molar-refractivity contribution in [3.05, 3.63) is 34.7 Å². The summed E-state index contributed by atoms with van der Waals surface area (Å²) in [6, 6.07) is 6.21. The van der Waals surface area contributed by atoms with Gasteiger partial charge in [-0.1, -0.05) is 17.7 Å². The largest absolute Gasteiger partial charge is 0.371 e. The summed E-state index contributed by atoms with van der Waals surface area (Å²) in [5.41, 5.74) is 0.917. The number of hydrogen-bond donors (Lipinski definition) is 0. The molecule has 0 saturated carbocycles. The zero-order chi connectivity index (χ0) is 17.5. The topological polar surface area (TPSA) is 94.5 Å². The van der Waals surface area contributed by atoms with Gasteiger partial charge in [0, 0.05) is 0 Å². The summed E-state index contributed by atoms with van der Waals surface area (Å²) < 4.78 is 42.7. The maximum Gasteiger partial charge on any atom is 0.281 e. The zero-order valence-electron chi connectivity index (χ0n) is 13.7. The minimum atomic E-state index is -4.04. The molecule has 0 bridgehead atoms. The fourth-order valence-corrected chi connectivity index (χ4v) is 4.09. The minimum Gasteiger partial charge on any atom is -0.371 e. The molecule has 0 radical (unpaired) electrons. The maximum absolute atomic E-state index is 12.6. The number of sulfonamides is 1. The molecule has 9 heteroatoms. The highest BCUT2D eigenvalue weighted by molar-refractivity contribution is 7.89. The lowest BCUT2D eigenvalue weighted by Gasteiger charge is -2.24. The average molecular weight is 356 g/mol. The molecule has 2 aliphatic rings. The molecule has 1 aromatic carbocycles. The maximum atomic E-state index is 12.6. The van der Waals surface area contributed by atoms with E-state index in [4.69, 9.17) is 14.2 Å². The van der Waals surface area contributed by atoms with E-state index < -0.39 is 28.0 Å². The highest BCUT2D eigenvalue weighted by atomic mass is 32.2. The van der Waals surface area contributed by atoms with Crippen LogP contribution in [0.2, 0.25) is 0 Å². The van der Waals surface area contributed by atoms with Crippen LogP contribution in [0.3, 0.4) is 0 Å². The van der Waals surface area contributed by atoms with Gasteiger partial charge in [0.1, 0.15) is 18.3 Å². The SMILES string of the molecule is Cc1ccc(S(=O)(=O)N(C[C@@H]2OC[C@H]3OC(C)(C)O[C@@H]23)N=O)cc1. The van der Waals surface area contributed by atoms with E-state index in [2.05, 4.69) is 5.29 Å². The van der Waals surface area contributed by atoms with Crippen molar-refractivity contribution in [2.24, 2.45) is 5.29 Å². The molecular formula is C15H20N2O6S. The van der Waals surface area contributed by atoms with Gasteiger partial charge in [-0.15, -0.1) is 9.32 Å². The molecule has 3 atom stereocenters. The molecule has 0 unspecified atom stereocenters. The van der Waals surface area contributed by atoms with Crippen LogP contribution >= 0.6 is 0 Å². The summed E-state index contributed by atoms with van der Waals surface area (Å²) in [6.07, 6.45) is -1.33. The van der Waals surface area contributed by atoms with E-state index in [0.29, 0.717) is 4.41 Å². The second-order valence-electron chi connectivity index (χ2n) is 6.41. The normalized spacial score (nSPS) is 28.5. The molecule has 0 spiro atoms. The highest BCUT2D eigenvalue weighted by Gasteiger charge is 2.51. The van der Waals surface area contributed by atoms with Gasteiger partial charge in [0.25, 0.3) is 10.0 Å². The van der Waals surface area contributed by atoms with E-state index in [1.165, 1.54) is 12.1 Å². The lowest BCUT2D eigenvalue weighted by molar-refractivity contribution is -0.175. The molecule has 2 heterocycles. The van der Waals surface area contributed by atoms with E-state index in [9.17, 15) is 13.3 Å². The average Bonchev–Trinajstić information content (AvgIpc) is 3.00. The van der Waals surface area contributed by atoms with Crippen LogP contribution in [0.25, 0.3) is 0 Å².